The summed E-state index contributed by atoms with van der Waals surface area (Å²) in [4.78, 5) is 14.1. The van der Waals surface area contributed by atoms with Crippen LogP contribution in [0.4, 0.5) is 0 Å². The Labute approximate surface area is 69.8 Å². The first-order valence-electron chi connectivity index (χ1n) is 3.49. The minimum absolute atomic E-state index is 0.465. The Morgan fingerprint density at radius 1 is 1.75 bits per heavy atom. The lowest BCUT2D eigenvalue weighted by Gasteiger charge is -2.08. The van der Waals surface area contributed by atoms with Crippen molar-refractivity contribution in [3.8, 4) is 5.75 Å². The minimum atomic E-state index is -0.987. The Balaban J connectivity index is 2.58. The van der Waals surface area contributed by atoms with E-state index < -0.39 is 12.1 Å². The molecule has 0 fully saturated rings. The fraction of sp³-hybridized carbons (Fsp3) is 0.250. The predicted octanol–water partition coefficient (Wildman–Crippen LogP) is 0.933. The van der Waals surface area contributed by atoms with Gasteiger partial charge < -0.3 is 9.84 Å². The van der Waals surface area contributed by atoms with E-state index in [9.17, 15) is 4.79 Å². The largest absolute Gasteiger partial charge is 0.479 e. The Bertz CT molecular complexity index is 260. The zero-order valence-electron chi connectivity index (χ0n) is 6.60. The molecule has 12 heavy (non-hydrogen) atoms. The van der Waals surface area contributed by atoms with E-state index >= 15 is 0 Å². The lowest BCUT2D eigenvalue weighted by molar-refractivity contribution is -0.144. The molecule has 1 aromatic heterocycles. The normalized spacial score (nSPS) is 12.1. The summed E-state index contributed by atoms with van der Waals surface area (Å²) in [5, 5.41) is 8.50. The molecule has 1 N–H and O–H groups in total. The van der Waals surface area contributed by atoms with Gasteiger partial charge in [0.15, 0.2) is 6.10 Å². The molecular weight excluding hydrogens is 158 g/mol. The molecule has 0 saturated heterocycles. The highest BCUT2D eigenvalue weighted by Gasteiger charge is 2.11. The van der Waals surface area contributed by atoms with Crippen LogP contribution in [0, 0.1) is 0 Å². The smallest absolute Gasteiger partial charge is 0.344 e. The Kier molecular flexibility index (Phi) is 2.63. The molecule has 0 aliphatic heterocycles. The van der Waals surface area contributed by atoms with E-state index in [0.717, 1.165) is 0 Å². The standard InChI is InChI=1S/C8H9NO3/c1-6(8(10)11)12-7-3-2-4-9-5-7/h2-6H,1H3,(H,10,11)/t6-/m0/s1. The summed E-state index contributed by atoms with van der Waals surface area (Å²) in [5.41, 5.74) is 0. The van der Waals surface area contributed by atoms with Crippen LogP contribution in [-0.4, -0.2) is 22.2 Å². The van der Waals surface area contributed by atoms with Crippen molar-refractivity contribution in [1.82, 2.24) is 4.98 Å². The quantitative estimate of drug-likeness (QED) is 0.727. The molecule has 0 amide bonds. The van der Waals surface area contributed by atoms with Gasteiger partial charge in [0.05, 0.1) is 6.20 Å². The molecule has 1 heterocycles. The van der Waals surface area contributed by atoms with Gasteiger partial charge in [0.2, 0.25) is 0 Å². The second-order valence-corrected chi connectivity index (χ2v) is 2.29. The number of nitrogens with zero attached hydrogens (tertiary/aromatic N) is 1. The number of hydrogen-bond acceptors (Lipinski definition) is 3. The van der Waals surface area contributed by atoms with Crippen molar-refractivity contribution >= 4 is 5.97 Å². The van der Waals surface area contributed by atoms with Gasteiger partial charge in [-0.15, -0.1) is 0 Å². The third kappa shape index (κ3) is 2.23. The highest BCUT2D eigenvalue weighted by Crippen LogP contribution is 2.08. The van der Waals surface area contributed by atoms with Gasteiger partial charge in [-0.25, -0.2) is 4.79 Å². The van der Waals surface area contributed by atoms with Crippen LogP contribution in [0.3, 0.4) is 0 Å². The van der Waals surface area contributed by atoms with Crippen molar-refractivity contribution in [2.75, 3.05) is 0 Å². The summed E-state index contributed by atoms with van der Waals surface area (Å²) in [7, 11) is 0. The van der Waals surface area contributed by atoms with Gasteiger partial charge in [-0.2, -0.15) is 0 Å². The van der Waals surface area contributed by atoms with Crippen LogP contribution < -0.4 is 4.74 Å². The number of aromatic nitrogens is 1. The molecule has 64 valence electrons. The SMILES string of the molecule is C[C@H](Oc1cccnc1)C(=O)O. The van der Waals surface area contributed by atoms with E-state index in [-0.39, 0.29) is 0 Å². The van der Waals surface area contributed by atoms with Crippen molar-refractivity contribution in [2.24, 2.45) is 0 Å². The van der Waals surface area contributed by atoms with Gasteiger partial charge in [-0.05, 0) is 19.1 Å². The Morgan fingerprint density at radius 3 is 3.00 bits per heavy atom. The maximum absolute atomic E-state index is 10.4. The Morgan fingerprint density at radius 2 is 2.50 bits per heavy atom. The summed E-state index contributed by atoms with van der Waals surface area (Å²) in [5.74, 6) is -0.522. The van der Waals surface area contributed by atoms with E-state index in [1.165, 1.54) is 13.1 Å². The zero-order valence-corrected chi connectivity index (χ0v) is 6.60. The molecule has 1 rings (SSSR count). The van der Waals surface area contributed by atoms with Gasteiger partial charge in [0.1, 0.15) is 5.75 Å². The van der Waals surface area contributed by atoms with Crippen molar-refractivity contribution in [3.63, 3.8) is 0 Å². The van der Waals surface area contributed by atoms with Crippen molar-refractivity contribution in [2.45, 2.75) is 13.0 Å². The molecule has 4 nitrogen and oxygen atoms in total. The number of carboxylic acid groups (broad SMARTS) is 1. The van der Waals surface area contributed by atoms with Crippen molar-refractivity contribution in [3.05, 3.63) is 24.5 Å². The molecule has 1 aromatic rings. The van der Waals surface area contributed by atoms with Crippen LogP contribution in [0.2, 0.25) is 0 Å². The molecule has 0 saturated carbocycles. The van der Waals surface area contributed by atoms with Crippen LogP contribution in [0.5, 0.6) is 5.75 Å². The first kappa shape index (κ1) is 8.52. The van der Waals surface area contributed by atoms with E-state index in [1.807, 2.05) is 0 Å². The maximum atomic E-state index is 10.4. The average molecular weight is 167 g/mol. The monoisotopic (exact) mass is 167 g/mol. The van der Waals surface area contributed by atoms with E-state index in [0.29, 0.717) is 5.75 Å². The summed E-state index contributed by atoms with van der Waals surface area (Å²) in [6.45, 7) is 1.47. The highest BCUT2D eigenvalue weighted by atomic mass is 16.5. The highest BCUT2D eigenvalue weighted by molar-refractivity contribution is 5.72. The molecular formula is C8H9NO3. The van der Waals surface area contributed by atoms with Crippen molar-refractivity contribution in [1.29, 1.82) is 0 Å². The minimum Gasteiger partial charge on any atom is -0.479 e. The summed E-state index contributed by atoms with van der Waals surface area (Å²) >= 11 is 0. The van der Waals surface area contributed by atoms with Crippen LogP contribution in [-0.2, 0) is 4.79 Å². The average Bonchev–Trinajstić information content (AvgIpc) is 2.06. The summed E-state index contributed by atoms with van der Waals surface area (Å²) in [6.07, 6.45) is 2.23. The number of carboxylic acids is 1. The first-order chi connectivity index (χ1) is 5.70. The number of carbonyl (C=O) groups is 1. The molecule has 0 unspecified atom stereocenters. The topological polar surface area (TPSA) is 59.4 Å². The number of ether oxygens (including phenoxy) is 1. The molecule has 4 heteroatoms. The number of aliphatic carboxylic acids is 1. The lowest BCUT2D eigenvalue weighted by atomic mass is 10.4. The molecule has 0 spiro atoms. The maximum Gasteiger partial charge on any atom is 0.344 e. The molecule has 1 atom stereocenters. The molecule has 0 aromatic carbocycles. The summed E-state index contributed by atoms with van der Waals surface area (Å²) < 4.78 is 5.01. The third-order valence-corrected chi connectivity index (χ3v) is 1.30. The van der Waals surface area contributed by atoms with E-state index in [4.69, 9.17) is 9.84 Å². The van der Waals surface area contributed by atoms with Crippen LogP contribution in [0.1, 0.15) is 6.92 Å². The van der Waals surface area contributed by atoms with Gasteiger partial charge in [0, 0.05) is 6.20 Å². The third-order valence-electron chi connectivity index (χ3n) is 1.30. The second-order valence-electron chi connectivity index (χ2n) is 2.29. The first-order valence-corrected chi connectivity index (χ1v) is 3.49. The van der Waals surface area contributed by atoms with Gasteiger partial charge in [-0.3, -0.25) is 4.98 Å². The van der Waals surface area contributed by atoms with E-state index in [1.54, 1.807) is 18.3 Å². The lowest BCUT2D eigenvalue weighted by Crippen LogP contribution is -2.22. The predicted molar refractivity (Wildman–Crippen MR) is 42.0 cm³/mol. The fourth-order valence-electron chi connectivity index (χ4n) is 0.671. The van der Waals surface area contributed by atoms with Crippen molar-refractivity contribution < 1.29 is 14.6 Å². The van der Waals surface area contributed by atoms with Crippen LogP contribution >= 0.6 is 0 Å². The molecule has 0 aliphatic rings. The van der Waals surface area contributed by atoms with Gasteiger partial charge in [-0.1, -0.05) is 0 Å². The molecule has 0 bridgehead atoms. The Hall–Kier alpha value is -1.58. The number of rotatable bonds is 3. The van der Waals surface area contributed by atoms with E-state index in [2.05, 4.69) is 4.98 Å². The summed E-state index contributed by atoms with van der Waals surface area (Å²) in [6, 6.07) is 3.34. The molecule has 0 aliphatic carbocycles. The number of pyridine rings is 1. The fourth-order valence-corrected chi connectivity index (χ4v) is 0.671. The number of hydrogen-bond donors (Lipinski definition) is 1. The zero-order chi connectivity index (χ0) is 8.97. The second kappa shape index (κ2) is 3.71. The van der Waals surface area contributed by atoms with Crippen LogP contribution in [0.25, 0.3) is 0 Å². The van der Waals surface area contributed by atoms with Gasteiger partial charge in [0.25, 0.3) is 0 Å². The van der Waals surface area contributed by atoms with Crippen LogP contribution in [0.15, 0.2) is 24.5 Å². The molecule has 0 radical (unpaired) electrons. The van der Waals surface area contributed by atoms with Gasteiger partial charge >= 0.3 is 5.97 Å².